The molecule has 0 spiro atoms. The van der Waals surface area contributed by atoms with Crippen molar-refractivity contribution in [1.29, 1.82) is 0 Å². The Labute approximate surface area is 148 Å². The molecule has 1 heterocycles. The number of rotatable bonds is 5. The SMILES string of the molecule is CCOC(=O)c1nc(Br)c(C)nc1OS(=O)(=O)c1ccc(C)cc1. The van der Waals surface area contributed by atoms with E-state index in [1.165, 1.54) is 12.1 Å². The zero-order valence-electron chi connectivity index (χ0n) is 13.2. The van der Waals surface area contributed by atoms with E-state index in [0.717, 1.165) is 5.56 Å². The van der Waals surface area contributed by atoms with Gasteiger partial charge in [-0.3, -0.25) is 0 Å². The maximum Gasteiger partial charge on any atom is 0.362 e. The number of ether oxygens (including phenoxy) is 1. The van der Waals surface area contributed by atoms with Gasteiger partial charge in [0.05, 0.1) is 12.3 Å². The van der Waals surface area contributed by atoms with E-state index in [2.05, 4.69) is 25.9 Å². The number of carbonyl (C=O) groups is 1. The molecule has 0 atom stereocenters. The minimum atomic E-state index is -4.16. The van der Waals surface area contributed by atoms with Crippen LogP contribution in [0.5, 0.6) is 5.88 Å². The van der Waals surface area contributed by atoms with E-state index in [1.807, 2.05) is 6.92 Å². The Morgan fingerprint density at radius 3 is 2.38 bits per heavy atom. The topological polar surface area (TPSA) is 95.4 Å². The number of aryl methyl sites for hydroxylation is 2. The first-order chi connectivity index (χ1) is 11.2. The molecule has 0 amide bonds. The fourth-order valence-corrected chi connectivity index (χ4v) is 2.88. The Kier molecular flexibility index (Phi) is 5.55. The lowest BCUT2D eigenvalue weighted by Gasteiger charge is -2.11. The minimum absolute atomic E-state index is 0.0507. The van der Waals surface area contributed by atoms with Gasteiger partial charge in [-0.15, -0.1) is 0 Å². The van der Waals surface area contributed by atoms with Crippen LogP contribution in [0, 0.1) is 13.8 Å². The van der Waals surface area contributed by atoms with Crippen molar-refractivity contribution in [2.24, 2.45) is 0 Å². The molecule has 1 aromatic carbocycles. The molecule has 0 radical (unpaired) electrons. The van der Waals surface area contributed by atoms with Crippen molar-refractivity contribution in [1.82, 2.24) is 9.97 Å². The Morgan fingerprint density at radius 2 is 1.79 bits per heavy atom. The maximum atomic E-state index is 12.4. The molecule has 2 aromatic rings. The monoisotopic (exact) mass is 414 g/mol. The molecule has 0 unspecified atom stereocenters. The van der Waals surface area contributed by atoms with Gasteiger partial charge < -0.3 is 8.92 Å². The second-order valence-corrected chi connectivity index (χ2v) is 7.12. The first-order valence-corrected chi connectivity index (χ1v) is 9.17. The lowest BCUT2D eigenvalue weighted by Crippen LogP contribution is -2.17. The van der Waals surface area contributed by atoms with Gasteiger partial charge in [-0.25, -0.2) is 14.8 Å². The van der Waals surface area contributed by atoms with E-state index < -0.39 is 22.0 Å². The molecule has 7 nitrogen and oxygen atoms in total. The summed E-state index contributed by atoms with van der Waals surface area (Å²) in [6, 6.07) is 6.10. The zero-order chi connectivity index (χ0) is 17.9. The standard InChI is InChI=1S/C15H15BrN2O5S/c1-4-22-15(19)12-14(17-10(3)13(16)18-12)23-24(20,21)11-7-5-9(2)6-8-11/h5-8H,4H2,1-3H3. The summed E-state index contributed by atoms with van der Waals surface area (Å²) < 4.78 is 35.0. The Balaban J connectivity index is 2.46. The van der Waals surface area contributed by atoms with E-state index >= 15 is 0 Å². The van der Waals surface area contributed by atoms with Gasteiger partial charge in [-0.05, 0) is 48.8 Å². The first kappa shape index (κ1) is 18.3. The van der Waals surface area contributed by atoms with Crippen LogP contribution in [0.3, 0.4) is 0 Å². The van der Waals surface area contributed by atoms with Gasteiger partial charge in [0.25, 0.3) is 5.88 Å². The molecule has 128 valence electrons. The summed E-state index contributed by atoms with van der Waals surface area (Å²) in [6.45, 7) is 5.16. The third-order valence-corrected chi connectivity index (χ3v) is 4.93. The number of halogens is 1. The van der Waals surface area contributed by atoms with Gasteiger partial charge in [0.15, 0.2) is 0 Å². The van der Waals surface area contributed by atoms with Crippen LogP contribution in [-0.4, -0.2) is 31.0 Å². The maximum absolute atomic E-state index is 12.4. The van der Waals surface area contributed by atoms with Crippen LogP contribution < -0.4 is 4.18 Å². The summed E-state index contributed by atoms with van der Waals surface area (Å²) in [7, 11) is -4.16. The molecule has 2 rings (SSSR count). The van der Waals surface area contributed by atoms with E-state index in [-0.39, 0.29) is 17.2 Å². The summed E-state index contributed by atoms with van der Waals surface area (Å²) in [5, 5.41) is 0. The number of hydrogen-bond acceptors (Lipinski definition) is 7. The van der Waals surface area contributed by atoms with Crippen LogP contribution >= 0.6 is 15.9 Å². The number of hydrogen-bond donors (Lipinski definition) is 0. The smallest absolute Gasteiger partial charge is 0.362 e. The third-order valence-electron chi connectivity index (χ3n) is 2.95. The Hall–Kier alpha value is -2.00. The number of nitrogens with zero attached hydrogens (tertiary/aromatic N) is 2. The molecule has 0 saturated carbocycles. The van der Waals surface area contributed by atoms with E-state index in [9.17, 15) is 13.2 Å². The van der Waals surface area contributed by atoms with Gasteiger partial charge in [-0.2, -0.15) is 8.42 Å². The van der Waals surface area contributed by atoms with Crippen molar-refractivity contribution < 1.29 is 22.1 Å². The number of esters is 1. The quantitative estimate of drug-likeness (QED) is 0.547. The Morgan fingerprint density at radius 1 is 1.17 bits per heavy atom. The molecule has 0 aliphatic carbocycles. The van der Waals surface area contributed by atoms with Crippen LogP contribution in [0.1, 0.15) is 28.7 Å². The molecule has 0 bridgehead atoms. The molecular formula is C15H15BrN2O5S. The normalized spacial score (nSPS) is 11.2. The summed E-state index contributed by atoms with van der Waals surface area (Å²) in [5.74, 6) is -1.24. The molecule has 24 heavy (non-hydrogen) atoms. The summed E-state index contributed by atoms with van der Waals surface area (Å²) >= 11 is 3.15. The lowest BCUT2D eigenvalue weighted by molar-refractivity contribution is 0.0516. The first-order valence-electron chi connectivity index (χ1n) is 6.97. The molecule has 9 heteroatoms. The van der Waals surface area contributed by atoms with Crippen LogP contribution in [0.15, 0.2) is 33.8 Å². The van der Waals surface area contributed by atoms with Crippen molar-refractivity contribution in [2.45, 2.75) is 25.7 Å². The highest BCUT2D eigenvalue weighted by Crippen LogP contribution is 2.24. The van der Waals surface area contributed by atoms with Crippen molar-refractivity contribution in [3.63, 3.8) is 0 Å². The molecule has 0 saturated heterocycles. The fourth-order valence-electron chi connectivity index (χ4n) is 1.73. The molecule has 0 aliphatic heterocycles. The number of carbonyl (C=O) groups excluding carboxylic acids is 1. The predicted octanol–water partition coefficient (Wildman–Crippen LogP) is 2.80. The third kappa shape index (κ3) is 4.09. The van der Waals surface area contributed by atoms with E-state index in [4.69, 9.17) is 8.92 Å². The van der Waals surface area contributed by atoms with Crippen LogP contribution in [0.2, 0.25) is 0 Å². The van der Waals surface area contributed by atoms with Crippen LogP contribution in [0.4, 0.5) is 0 Å². The van der Waals surface area contributed by atoms with Gasteiger partial charge in [0, 0.05) is 0 Å². The van der Waals surface area contributed by atoms with Gasteiger partial charge in [0.1, 0.15) is 9.50 Å². The summed E-state index contributed by atoms with van der Waals surface area (Å²) in [4.78, 5) is 19.9. The Bertz CT molecular complexity index is 866. The van der Waals surface area contributed by atoms with Crippen molar-refractivity contribution in [3.8, 4) is 5.88 Å². The fraction of sp³-hybridized carbons (Fsp3) is 0.267. The highest BCUT2D eigenvalue weighted by atomic mass is 79.9. The van der Waals surface area contributed by atoms with Crippen molar-refractivity contribution >= 4 is 32.0 Å². The minimum Gasteiger partial charge on any atom is -0.461 e. The second-order valence-electron chi connectivity index (χ2n) is 4.82. The molecule has 0 aliphatic rings. The van der Waals surface area contributed by atoms with Crippen LogP contribution in [-0.2, 0) is 14.9 Å². The van der Waals surface area contributed by atoms with Crippen molar-refractivity contribution in [3.05, 3.63) is 45.8 Å². The second kappa shape index (κ2) is 7.27. The molecule has 1 aromatic heterocycles. The zero-order valence-corrected chi connectivity index (χ0v) is 15.6. The van der Waals surface area contributed by atoms with Gasteiger partial charge in [0.2, 0.25) is 5.69 Å². The molecule has 0 fully saturated rings. The average Bonchev–Trinajstić information content (AvgIpc) is 2.51. The largest absolute Gasteiger partial charge is 0.461 e. The van der Waals surface area contributed by atoms with Gasteiger partial charge >= 0.3 is 16.1 Å². The lowest BCUT2D eigenvalue weighted by atomic mass is 10.2. The van der Waals surface area contributed by atoms with Crippen molar-refractivity contribution in [2.75, 3.05) is 6.61 Å². The van der Waals surface area contributed by atoms with E-state index in [0.29, 0.717) is 10.3 Å². The average molecular weight is 415 g/mol. The molecular weight excluding hydrogens is 400 g/mol. The molecule has 0 N–H and O–H groups in total. The van der Waals surface area contributed by atoms with Gasteiger partial charge in [-0.1, -0.05) is 17.7 Å². The summed E-state index contributed by atoms with van der Waals surface area (Å²) in [5.41, 5.74) is 0.961. The van der Waals surface area contributed by atoms with E-state index in [1.54, 1.807) is 26.0 Å². The summed E-state index contributed by atoms with van der Waals surface area (Å²) in [6.07, 6.45) is 0. The number of aromatic nitrogens is 2. The highest BCUT2D eigenvalue weighted by Gasteiger charge is 2.25. The highest BCUT2D eigenvalue weighted by molar-refractivity contribution is 9.10. The predicted molar refractivity (Wildman–Crippen MR) is 89.4 cm³/mol. The number of benzene rings is 1. The van der Waals surface area contributed by atoms with Crippen LogP contribution in [0.25, 0.3) is 0 Å².